The zero-order valence-corrected chi connectivity index (χ0v) is 22.7. The first-order chi connectivity index (χ1) is 17.9. The molecule has 200 valence electrons. The molecule has 2 N–H and O–H groups in total. The summed E-state index contributed by atoms with van der Waals surface area (Å²) < 4.78 is 44.7. The minimum atomic E-state index is -3.62. The second kappa shape index (κ2) is 9.29. The number of aromatic nitrogens is 4. The number of nitrogens with one attached hydrogen (secondary N) is 2. The van der Waals surface area contributed by atoms with Crippen LogP contribution in [-0.2, 0) is 22.8 Å². The van der Waals surface area contributed by atoms with Crippen molar-refractivity contribution in [2.24, 2.45) is 7.05 Å². The highest BCUT2D eigenvalue weighted by atomic mass is 32.2. The molecule has 0 bridgehead atoms. The van der Waals surface area contributed by atoms with Crippen LogP contribution in [0, 0.1) is 19.7 Å². The predicted octanol–water partition coefficient (Wildman–Crippen LogP) is 2.19. The number of benzene rings is 1. The maximum atomic E-state index is 14.8. The van der Waals surface area contributed by atoms with Crippen LogP contribution in [0.15, 0.2) is 38.8 Å². The fraction of sp³-hybridized carbons (Fsp3) is 0.333. The average Bonchev–Trinajstić information content (AvgIpc) is 3.59. The molecule has 3 heterocycles. The Hall–Kier alpha value is -3.62. The maximum absolute atomic E-state index is 14.8. The molecule has 4 aromatic rings. The van der Waals surface area contributed by atoms with E-state index in [-0.39, 0.29) is 44.0 Å². The summed E-state index contributed by atoms with van der Waals surface area (Å²) in [5, 5.41) is 3.42. The van der Waals surface area contributed by atoms with Gasteiger partial charge in [0, 0.05) is 18.7 Å². The van der Waals surface area contributed by atoms with Gasteiger partial charge in [-0.1, -0.05) is 17.4 Å². The van der Waals surface area contributed by atoms with Gasteiger partial charge in [-0.3, -0.25) is 23.3 Å². The first-order valence-electron chi connectivity index (χ1n) is 11.7. The van der Waals surface area contributed by atoms with E-state index >= 15 is 0 Å². The topological polar surface area (TPSA) is 137 Å². The van der Waals surface area contributed by atoms with Gasteiger partial charge in [-0.15, -0.1) is 0 Å². The van der Waals surface area contributed by atoms with E-state index in [9.17, 15) is 27.2 Å². The van der Waals surface area contributed by atoms with E-state index in [0.29, 0.717) is 18.4 Å². The summed E-state index contributed by atoms with van der Waals surface area (Å²) in [6, 6.07) is 4.21. The van der Waals surface area contributed by atoms with E-state index in [1.165, 1.54) is 48.5 Å². The number of fused-ring (bicyclic) bond motifs is 1. The quantitative estimate of drug-likeness (QED) is 0.354. The molecular weight excluding hydrogens is 535 g/mol. The lowest BCUT2D eigenvalue weighted by molar-refractivity contribution is 0.587. The second-order valence-corrected chi connectivity index (χ2v) is 12.3. The third kappa shape index (κ3) is 4.37. The van der Waals surface area contributed by atoms with Crippen LogP contribution < -0.4 is 26.8 Å². The summed E-state index contributed by atoms with van der Waals surface area (Å²) in [4.78, 5) is 45.0. The third-order valence-electron chi connectivity index (χ3n) is 6.52. The van der Waals surface area contributed by atoms with Gasteiger partial charge in [-0.05, 0) is 51.4 Å². The number of hydrogen-bond acceptors (Lipinski definition) is 8. The molecular formula is C24H25FN6O5S2. The number of hydrogen-bond donors (Lipinski definition) is 2. The molecule has 0 radical (unpaired) electrons. The molecule has 3 aromatic heterocycles. The molecule has 0 unspecified atom stereocenters. The number of thiazole rings is 1. The van der Waals surface area contributed by atoms with Crippen molar-refractivity contribution < 1.29 is 12.8 Å². The van der Waals surface area contributed by atoms with Gasteiger partial charge in [-0.25, -0.2) is 27.3 Å². The molecule has 11 nitrogen and oxygen atoms in total. The number of halogens is 1. The summed E-state index contributed by atoms with van der Waals surface area (Å²) in [6.45, 7) is 3.24. The normalized spacial score (nSPS) is 13.8. The number of sulfonamides is 1. The van der Waals surface area contributed by atoms with Crippen molar-refractivity contribution in [2.75, 3.05) is 12.4 Å². The number of pyridine rings is 1. The third-order valence-corrected chi connectivity index (χ3v) is 8.96. The molecule has 0 atom stereocenters. The van der Waals surface area contributed by atoms with Crippen LogP contribution in [0.2, 0.25) is 0 Å². The van der Waals surface area contributed by atoms with Crippen LogP contribution in [0.3, 0.4) is 0 Å². The molecule has 0 saturated heterocycles. The minimum absolute atomic E-state index is 0.0360. The number of aryl methyl sites for hydroxylation is 2. The lowest BCUT2D eigenvalue weighted by Crippen LogP contribution is -2.41. The summed E-state index contributed by atoms with van der Waals surface area (Å²) >= 11 is 0.965. The highest BCUT2D eigenvalue weighted by Gasteiger charge is 2.32. The van der Waals surface area contributed by atoms with Gasteiger partial charge in [0.25, 0.3) is 11.1 Å². The Bertz CT molecular complexity index is 1900. The van der Waals surface area contributed by atoms with E-state index in [2.05, 4.69) is 15.0 Å². The fourth-order valence-electron chi connectivity index (χ4n) is 4.37. The van der Waals surface area contributed by atoms with Crippen molar-refractivity contribution in [3.8, 4) is 5.00 Å². The van der Waals surface area contributed by atoms with Gasteiger partial charge in [0.05, 0.1) is 17.4 Å². The van der Waals surface area contributed by atoms with Gasteiger partial charge < -0.3 is 5.32 Å². The van der Waals surface area contributed by atoms with Gasteiger partial charge >= 0.3 is 5.69 Å². The summed E-state index contributed by atoms with van der Waals surface area (Å²) in [6.07, 6.45) is 2.61. The molecule has 1 aliphatic carbocycles. The molecule has 1 aliphatic rings. The molecule has 1 fully saturated rings. The Balaban J connectivity index is 1.85. The van der Waals surface area contributed by atoms with Gasteiger partial charge in [-0.2, -0.15) is 0 Å². The van der Waals surface area contributed by atoms with Crippen LogP contribution in [0.4, 0.5) is 15.9 Å². The monoisotopic (exact) mass is 560 g/mol. The van der Waals surface area contributed by atoms with Crippen molar-refractivity contribution in [1.82, 2.24) is 23.4 Å². The Morgan fingerprint density at radius 2 is 1.87 bits per heavy atom. The van der Waals surface area contributed by atoms with E-state index in [1.54, 1.807) is 13.0 Å². The van der Waals surface area contributed by atoms with Crippen LogP contribution in [0.5, 0.6) is 0 Å². The van der Waals surface area contributed by atoms with Crippen molar-refractivity contribution in [3.05, 3.63) is 77.5 Å². The lowest BCUT2D eigenvalue weighted by Gasteiger charge is -2.20. The van der Waals surface area contributed by atoms with E-state index < -0.39 is 38.4 Å². The summed E-state index contributed by atoms with van der Waals surface area (Å²) in [5.41, 5.74) is -0.800. The van der Waals surface area contributed by atoms with Gasteiger partial charge in [0.15, 0.2) is 0 Å². The standard InChI is InChI=1S/C24H25FN6O5S2/c1-12-5-8-16(15(25)9-12)28-21-19-20(13(2)22(32)29(21)4)31(24(34)30(23(19)33)14-6-7-14)18-10-27-17(37-18)11-38(35,36)26-3/h5,8-10,14,26,28H,6-7,11H2,1-4H3. The van der Waals surface area contributed by atoms with Crippen LogP contribution in [-0.4, -0.2) is 34.2 Å². The molecule has 14 heteroatoms. The SMILES string of the molecule is CNS(=O)(=O)Cc1ncc(-n2c(=O)n(C3CC3)c(=O)c3c(Nc4ccc(C)cc4F)n(C)c(=O)c(C)c32)s1. The first-order valence-corrected chi connectivity index (χ1v) is 14.2. The highest BCUT2D eigenvalue weighted by Crippen LogP contribution is 2.34. The number of nitrogens with zero attached hydrogens (tertiary/aromatic N) is 4. The minimum Gasteiger partial charge on any atom is -0.338 e. The van der Waals surface area contributed by atoms with E-state index in [1.807, 2.05) is 0 Å². The van der Waals surface area contributed by atoms with Crippen molar-refractivity contribution in [2.45, 2.75) is 38.5 Å². The zero-order valence-electron chi connectivity index (χ0n) is 21.0. The smallest absolute Gasteiger partial charge is 0.337 e. The van der Waals surface area contributed by atoms with Crippen molar-refractivity contribution in [3.63, 3.8) is 0 Å². The second-order valence-electron chi connectivity index (χ2n) is 9.25. The molecule has 5 rings (SSSR count). The van der Waals surface area contributed by atoms with Gasteiger partial charge in [0.2, 0.25) is 10.0 Å². The number of rotatable bonds is 7. The largest absolute Gasteiger partial charge is 0.338 e. The van der Waals surface area contributed by atoms with Crippen LogP contribution in [0.1, 0.15) is 35.0 Å². The molecule has 0 amide bonds. The Kier molecular flexibility index (Phi) is 6.36. The first kappa shape index (κ1) is 26.0. The van der Waals surface area contributed by atoms with Crippen molar-refractivity contribution >= 4 is 43.8 Å². The highest BCUT2D eigenvalue weighted by molar-refractivity contribution is 7.88. The zero-order chi connectivity index (χ0) is 27.5. The average molecular weight is 561 g/mol. The van der Waals surface area contributed by atoms with Crippen LogP contribution in [0.25, 0.3) is 15.9 Å². The molecule has 0 spiro atoms. The van der Waals surface area contributed by atoms with Crippen LogP contribution >= 0.6 is 11.3 Å². The van der Waals surface area contributed by atoms with Gasteiger partial charge in [0.1, 0.15) is 32.8 Å². The maximum Gasteiger partial charge on any atom is 0.337 e. The summed E-state index contributed by atoms with van der Waals surface area (Å²) in [7, 11) is -0.870. The molecule has 1 saturated carbocycles. The molecule has 38 heavy (non-hydrogen) atoms. The molecule has 0 aliphatic heterocycles. The predicted molar refractivity (Wildman–Crippen MR) is 144 cm³/mol. The fourth-order valence-corrected chi connectivity index (χ4v) is 6.33. The van der Waals surface area contributed by atoms with Crippen molar-refractivity contribution in [1.29, 1.82) is 0 Å². The van der Waals surface area contributed by atoms with E-state index in [0.717, 1.165) is 15.9 Å². The lowest BCUT2D eigenvalue weighted by atomic mass is 10.1. The number of anilines is 2. The Labute approximate surface area is 220 Å². The Morgan fingerprint density at radius 1 is 1.16 bits per heavy atom. The summed E-state index contributed by atoms with van der Waals surface area (Å²) in [5.74, 6) is -0.933. The van der Waals surface area contributed by atoms with E-state index in [4.69, 9.17) is 0 Å². The molecule has 1 aromatic carbocycles. The Morgan fingerprint density at radius 3 is 2.50 bits per heavy atom.